The lowest BCUT2D eigenvalue weighted by molar-refractivity contribution is 0.0691. The highest BCUT2D eigenvalue weighted by Crippen LogP contribution is 2.24. The van der Waals surface area contributed by atoms with Crippen LogP contribution in [0.4, 0.5) is 4.39 Å². The largest absolute Gasteiger partial charge is 0.476 e. The maximum atomic E-state index is 12.8. The number of benzene rings is 1. The molecule has 0 atom stereocenters. The molecule has 88 valence electrons. The number of hydrogen-bond donors (Lipinski definition) is 1. The van der Waals surface area contributed by atoms with Crippen LogP contribution in [-0.4, -0.2) is 20.6 Å². The zero-order valence-electron chi connectivity index (χ0n) is 8.82. The van der Waals surface area contributed by atoms with Crippen LogP contribution in [0.25, 0.3) is 11.4 Å². The lowest BCUT2D eigenvalue weighted by Crippen LogP contribution is -1.97. The molecular formula is C11H8ClFN2O2. The van der Waals surface area contributed by atoms with Crippen molar-refractivity contribution < 1.29 is 14.3 Å². The third-order valence-electron chi connectivity index (χ3n) is 2.33. The number of aromatic nitrogens is 2. The Morgan fingerprint density at radius 1 is 1.41 bits per heavy atom. The zero-order valence-corrected chi connectivity index (χ0v) is 9.57. The molecule has 0 saturated carbocycles. The van der Waals surface area contributed by atoms with Crippen molar-refractivity contribution in [1.29, 1.82) is 0 Å². The summed E-state index contributed by atoms with van der Waals surface area (Å²) in [6, 6.07) is 5.58. The third kappa shape index (κ3) is 2.01. The SMILES string of the molecule is Cn1c(-c2ccc(F)cc2)nc(C(=O)O)c1Cl. The predicted molar refractivity (Wildman–Crippen MR) is 60.6 cm³/mol. The van der Waals surface area contributed by atoms with Gasteiger partial charge in [-0.15, -0.1) is 0 Å². The number of nitrogens with zero attached hydrogens (tertiary/aromatic N) is 2. The van der Waals surface area contributed by atoms with Crippen LogP contribution < -0.4 is 0 Å². The Bertz CT molecular complexity index is 578. The number of halogens is 2. The Kier molecular flexibility index (Phi) is 2.85. The lowest BCUT2D eigenvalue weighted by atomic mass is 10.2. The van der Waals surface area contributed by atoms with E-state index in [1.165, 1.54) is 28.8 Å². The average molecular weight is 255 g/mol. The molecule has 2 aromatic rings. The van der Waals surface area contributed by atoms with Gasteiger partial charge in [-0.1, -0.05) is 11.6 Å². The monoisotopic (exact) mass is 254 g/mol. The normalized spacial score (nSPS) is 10.5. The summed E-state index contributed by atoms with van der Waals surface area (Å²) in [5.74, 6) is -1.18. The standard InChI is InChI=1S/C11H8ClFN2O2/c1-15-9(12)8(11(16)17)14-10(15)6-2-4-7(13)5-3-6/h2-5H,1H3,(H,16,17). The minimum Gasteiger partial charge on any atom is -0.476 e. The highest BCUT2D eigenvalue weighted by molar-refractivity contribution is 6.32. The Morgan fingerprint density at radius 2 is 2.00 bits per heavy atom. The predicted octanol–water partition coefficient (Wildman–Crippen LogP) is 2.58. The van der Waals surface area contributed by atoms with Gasteiger partial charge < -0.3 is 9.67 Å². The van der Waals surface area contributed by atoms with Crippen molar-refractivity contribution in [2.24, 2.45) is 7.05 Å². The van der Waals surface area contributed by atoms with Crippen LogP contribution in [0.2, 0.25) is 5.15 Å². The van der Waals surface area contributed by atoms with Gasteiger partial charge in [0, 0.05) is 12.6 Å². The van der Waals surface area contributed by atoms with E-state index in [1.807, 2.05) is 0 Å². The summed E-state index contributed by atoms with van der Waals surface area (Å²) >= 11 is 5.84. The zero-order chi connectivity index (χ0) is 12.6. The fraction of sp³-hybridized carbons (Fsp3) is 0.0909. The molecule has 0 radical (unpaired) electrons. The molecule has 0 unspecified atom stereocenters. The van der Waals surface area contributed by atoms with Crippen LogP contribution in [0.15, 0.2) is 24.3 Å². The van der Waals surface area contributed by atoms with E-state index >= 15 is 0 Å². The maximum Gasteiger partial charge on any atom is 0.357 e. The second-order valence-electron chi connectivity index (χ2n) is 3.45. The van der Waals surface area contributed by atoms with Gasteiger partial charge in [0.2, 0.25) is 0 Å². The Morgan fingerprint density at radius 3 is 2.47 bits per heavy atom. The second-order valence-corrected chi connectivity index (χ2v) is 3.80. The van der Waals surface area contributed by atoms with E-state index in [9.17, 15) is 9.18 Å². The number of aromatic carboxylic acids is 1. The molecule has 0 amide bonds. The quantitative estimate of drug-likeness (QED) is 0.896. The van der Waals surface area contributed by atoms with Gasteiger partial charge in [-0.05, 0) is 24.3 Å². The molecule has 0 saturated heterocycles. The smallest absolute Gasteiger partial charge is 0.357 e. The molecule has 17 heavy (non-hydrogen) atoms. The van der Waals surface area contributed by atoms with Gasteiger partial charge in [-0.2, -0.15) is 0 Å². The molecule has 1 heterocycles. The first-order chi connectivity index (χ1) is 8.00. The lowest BCUT2D eigenvalue weighted by Gasteiger charge is -2.01. The summed E-state index contributed by atoms with van der Waals surface area (Å²) in [5, 5.41) is 8.91. The molecule has 1 aromatic carbocycles. The summed E-state index contributed by atoms with van der Waals surface area (Å²) in [4.78, 5) is 14.8. The molecule has 0 bridgehead atoms. The number of carbonyl (C=O) groups is 1. The van der Waals surface area contributed by atoms with E-state index < -0.39 is 5.97 Å². The number of carboxylic acids is 1. The number of carboxylic acid groups (broad SMARTS) is 1. The van der Waals surface area contributed by atoms with Gasteiger partial charge in [0.05, 0.1) is 0 Å². The number of imidazole rings is 1. The van der Waals surface area contributed by atoms with Crippen LogP contribution in [0, 0.1) is 5.82 Å². The van der Waals surface area contributed by atoms with E-state index in [-0.39, 0.29) is 16.7 Å². The topological polar surface area (TPSA) is 55.1 Å². The summed E-state index contributed by atoms with van der Waals surface area (Å²) in [7, 11) is 1.60. The summed E-state index contributed by atoms with van der Waals surface area (Å²) in [6.07, 6.45) is 0. The first kappa shape index (κ1) is 11.6. The van der Waals surface area contributed by atoms with Crippen LogP contribution in [-0.2, 0) is 7.05 Å². The van der Waals surface area contributed by atoms with Gasteiger partial charge in [-0.3, -0.25) is 0 Å². The minimum absolute atomic E-state index is 0.0387. The molecule has 0 aliphatic carbocycles. The van der Waals surface area contributed by atoms with Crippen LogP contribution in [0.5, 0.6) is 0 Å². The van der Waals surface area contributed by atoms with Crippen molar-refractivity contribution in [2.45, 2.75) is 0 Å². The maximum absolute atomic E-state index is 12.8. The van der Waals surface area contributed by atoms with E-state index in [2.05, 4.69) is 4.98 Å². The molecule has 1 aromatic heterocycles. The third-order valence-corrected chi connectivity index (χ3v) is 2.76. The number of hydrogen-bond acceptors (Lipinski definition) is 2. The van der Waals surface area contributed by atoms with E-state index in [0.29, 0.717) is 11.4 Å². The van der Waals surface area contributed by atoms with Crippen LogP contribution in [0.1, 0.15) is 10.5 Å². The molecule has 0 aliphatic heterocycles. The van der Waals surface area contributed by atoms with Crippen molar-refractivity contribution in [3.05, 3.63) is 40.9 Å². The molecule has 0 aliphatic rings. The van der Waals surface area contributed by atoms with Crippen molar-refractivity contribution >= 4 is 17.6 Å². The van der Waals surface area contributed by atoms with E-state index in [1.54, 1.807) is 7.05 Å². The van der Waals surface area contributed by atoms with Crippen LogP contribution >= 0.6 is 11.6 Å². The highest BCUT2D eigenvalue weighted by Gasteiger charge is 2.19. The fourth-order valence-electron chi connectivity index (χ4n) is 1.47. The fourth-order valence-corrected chi connectivity index (χ4v) is 1.68. The Hall–Kier alpha value is -1.88. The van der Waals surface area contributed by atoms with Gasteiger partial charge in [0.25, 0.3) is 0 Å². The van der Waals surface area contributed by atoms with Gasteiger partial charge in [-0.25, -0.2) is 14.2 Å². The molecule has 6 heteroatoms. The Balaban J connectivity index is 2.56. The first-order valence-corrected chi connectivity index (χ1v) is 5.10. The minimum atomic E-state index is -1.20. The van der Waals surface area contributed by atoms with E-state index in [0.717, 1.165) is 0 Å². The Labute approximate surface area is 101 Å². The first-order valence-electron chi connectivity index (χ1n) is 4.72. The van der Waals surface area contributed by atoms with Gasteiger partial charge >= 0.3 is 5.97 Å². The van der Waals surface area contributed by atoms with Gasteiger partial charge in [0.1, 0.15) is 16.8 Å². The molecular weight excluding hydrogens is 247 g/mol. The van der Waals surface area contributed by atoms with Crippen molar-refractivity contribution in [3.63, 3.8) is 0 Å². The molecule has 4 nitrogen and oxygen atoms in total. The summed E-state index contributed by atoms with van der Waals surface area (Å²) in [6.45, 7) is 0. The molecule has 0 spiro atoms. The molecule has 2 rings (SSSR count). The number of rotatable bonds is 2. The van der Waals surface area contributed by atoms with Gasteiger partial charge in [0.15, 0.2) is 5.69 Å². The average Bonchev–Trinajstić information content (AvgIpc) is 2.58. The molecule has 1 N–H and O–H groups in total. The second kappa shape index (κ2) is 4.18. The van der Waals surface area contributed by atoms with Crippen molar-refractivity contribution in [2.75, 3.05) is 0 Å². The van der Waals surface area contributed by atoms with Crippen molar-refractivity contribution in [1.82, 2.24) is 9.55 Å². The molecule has 0 fully saturated rings. The summed E-state index contributed by atoms with van der Waals surface area (Å²) in [5.41, 5.74) is 0.386. The van der Waals surface area contributed by atoms with E-state index in [4.69, 9.17) is 16.7 Å². The van der Waals surface area contributed by atoms with Crippen molar-refractivity contribution in [3.8, 4) is 11.4 Å². The summed E-state index contributed by atoms with van der Waals surface area (Å²) < 4.78 is 14.2. The highest BCUT2D eigenvalue weighted by atomic mass is 35.5. The van der Waals surface area contributed by atoms with Crippen LogP contribution in [0.3, 0.4) is 0 Å².